The Hall–Kier alpha value is -2.17. The van der Waals surface area contributed by atoms with Crippen molar-refractivity contribution in [1.29, 1.82) is 0 Å². The van der Waals surface area contributed by atoms with Gasteiger partial charge in [0.05, 0.1) is 0 Å². The number of nitrogens with one attached hydrogen (secondary N) is 1. The lowest BCUT2D eigenvalue weighted by molar-refractivity contribution is 0.436. The van der Waals surface area contributed by atoms with Crippen LogP contribution in [0.15, 0.2) is 36.5 Å². The molecule has 0 radical (unpaired) electrons. The first-order valence-electron chi connectivity index (χ1n) is 4.96. The van der Waals surface area contributed by atoms with Gasteiger partial charge >= 0.3 is 0 Å². The lowest BCUT2D eigenvalue weighted by atomic mass is 10.3. The molecule has 2 aromatic rings. The number of benzene rings is 1. The maximum Gasteiger partial charge on any atom is 0.165 e. The number of hydrogen-bond donors (Lipinski definition) is 1. The second-order valence-electron chi connectivity index (χ2n) is 3.30. The Labute approximate surface area is 97.1 Å². The summed E-state index contributed by atoms with van der Waals surface area (Å²) < 4.78 is 31.5. The number of anilines is 1. The molecule has 0 fully saturated rings. The summed E-state index contributed by atoms with van der Waals surface area (Å²) >= 11 is 0. The summed E-state index contributed by atoms with van der Waals surface area (Å²) in [5.41, 5.74) is 0. The summed E-state index contributed by atoms with van der Waals surface area (Å²) in [5, 5.41) is 2.82. The molecule has 0 aliphatic rings. The Bertz CT molecular complexity index is 532. The Morgan fingerprint density at radius 3 is 2.76 bits per heavy atom. The van der Waals surface area contributed by atoms with Crippen molar-refractivity contribution in [3.63, 3.8) is 0 Å². The molecule has 0 bridgehead atoms. The van der Waals surface area contributed by atoms with Crippen LogP contribution in [0.1, 0.15) is 0 Å². The first kappa shape index (κ1) is 11.3. The molecule has 0 amide bonds. The molecule has 17 heavy (non-hydrogen) atoms. The van der Waals surface area contributed by atoms with Crippen molar-refractivity contribution in [3.05, 3.63) is 48.2 Å². The van der Waals surface area contributed by atoms with Gasteiger partial charge in [0, 0.05) is 25.4 Å². The summed E-state index contributed by atoms with van der Waals surface area (Å²) in [7, 11) is 1.70. The molecule has 0 saturated heterocycles. The third-order valence-electron chi connectivity index (χ3n) is 2.11. The summed E-state index contributed by atoms with van der Waals surface area (Å²) in [6.45, 7) is 0. The molecule has 2 rings (SSSR count). The van der Waals surface area contributed by atoms with Crippen LogP contribution in [0, 0.1) is 11.6 Å². The molecule has 88 valence electrons. The molecular weight excluding hydrogens is 226 g/mol. The van der Waals surface area contributed by atoms with Crippen molar-refractivity contribution >= 4 is 5.82 Å². The van der Waals surface area contributed by atoms with Gasteiger partial charge in [0.25, 0.3) is 0 Å². The summed E-state index contributed by atoms with van der Waals surface area (Å²) in [6, 6.07) is 6.20. The number of ether oxygens (including phenoxy) is 1. The quantitative estimate of drug-likeness (QED) is 0.888. The fraction of sp³-hybridized carbons (Fsp3) is 0.0833. The van der Waals surface area contributed by atoms with Crippen LogP contribution in [-0.2, 0) is 0 Å². The second-order valence-corrected chi connectivity index (χ2v) is 3.30. The second kappa shape index (κ2) is 4.78. The topological polar surface area (TPSA) is 34.1 Å². The van der Waals surface area contributed by atoms with Gasteiger partial charge in [0.2, 0.25) is 0 Å². The predicted molar refractivity (Wildman–Crippen MR) is 60.2 cm³/mol. The van der Waals surface area contributed by atoms with Crippen molar-refractivity contribution in [2.75, 3.05) is 12.4 Å². The third kappa shape index (κ3) is 2.69. The highest BCUT2D eigenvalue weighted by molar-refractivity contribution is 5.42. The lowest BCUT2D eigenvalue weighted by Gasteiger charge is -2.07. The normalized spacial score (nSPS) is 10.1. The van der Waals surface area contributed by atoms with E-state index in [4.69, 9.17) is 4.74 Å². The van der Waals surface area contributed by atoms with E-state index in [-0.39, 0.29) is 5.75 Å². The van der Waals surface area contributed by atoms with Crippen LogP contribution in [0.25, 0.3) is 0 Å². The minimum Gasteiger partial charge on any atom is -0.454 e. The number of nitrogens with zero attached hydrogens (tertiary/aromatic N) is 1. The SMILES string of the molecule is CNc1cc(Oc2cc(F)ccc2F)ccn1. The van der Waals surface area contributed by atoms with Gasteiger partial charge in [0.1, 0.15) is 17.4 Å². The number of halogens is 2. The van der Waals surface area contributed by atoms with Crippen LogP contribution >= 0.6 is 0 Å². The van der Waals surface area contributed by atoms with E-state index in [0.29, 0.717) is 11.6 Å². The Morgan fingerprint density at radius 1 is 1.18 bits per heavy atom. The molecule has 0 atom stereocenters. The van der Waals surface area contributed by atoms with E-state index < -0.39 is 11.6 Å². The Morgan fingerprint density at radius 2 is 2.00 bits per heavy atom. The average Bonchev–Trinajstić information content (AvgIpc) is 2.34. The van der Waals surface area contributed by atoms with E-state index in [0.717, 1.165) is 18.2 Å². The smallest absolute Gasteiger partial charge is 0.165 e. The number of pyridine rings is 1. The molecule has 1 heterocycles. The zero-order valence-electron chi connectivity index (χ0n) is 9.08. The molecule has 0 saturated carbocycles. The maximum atomic E-state index is 13.3. The van der Waals surface area contributed by atoms with Crippen LogP contribution in [0.5, 0.6) is 11.5 Å². The molecule has 0 unspecified atom stereocenters. The van der Waals surface area contributed by atoms with Gasteiger partial charge in [-0.25, -0.2) is 13.8 Å². The molecular formula is C12H10F2N2O. The van der Waals surface area contributed by atoms with Gasteiger partial charge in [-0.05, 0) is 18.2 Å². The van der Waals surface area contributed by atoms with Gasteiger partial charge in [0.15, 0.2) is 11.6 Å². The van der Waals surface area contributed by atoms with Crippen LogP contribution in [0.3, 0.4) is 0 Å². The summed E-state index contributed by atoms with van der Waals surface area (Å²) in [6.07, 6.45) is 1.51. The van der Waals surface area contributed by atoms with E-state index in [2.05, 4.69) is 10.3 Å². The van der Waals surface area contributed by atoms with Crippen LogP contribution < -0.4 is 10.1 Å². The molecule has 0 spiro atoms. The zero-order valence-corrected chi connectivity index (χ0v) is 9.08. The molecule has 3 nitrogen and oxygen atoms in total. The van der Waals surface area contributed by atoms with Crippen LogP contribution in [-0.4, -0.2) is 12.0 Å². The fourth-order valence-electron chi connectivity index (χ4n) is 1.29. The van der Waals surface area contributed by atoms with E-state index in [1.54, 1.807) is 19.2 Å². The molecule has 1 N–H and O–H groups in total. The van der Waals surface area contributed by atoms with E-state index in [1.165, 1.54) is 6.20 Å². The van der Waals surface area contributed by atoms with Crippen molar-refractivity contribution in [2.24, 2.45) is 0 Å². The van der Waals surface area contributed by atoms with Crippen LogP contribution in [0.2, 0.25) is 0 Å². The van der Waals surface area contributed by atoms with Crippen molar-refractivity contribution < 1.29 is 13.5 Å². The molecule has 0 aliphatic heterocycles. The standard InChI is InChI=1S/C12H10F2N2O/c1-15-12-7-9(4-5-16-12)17-11-6-8(13)2-3-10(11)14/h2-7H,1H3,(H,15,16). The maximum absolute atomic E-state index is 13.3. The average molecular weight is 236 g/mol. The summed E-state index contributed by atoms with van der Waals surface area (Å²) in [5.74, 6) is -0.357. The molecule has 5 heteroatoms. The van der Waals surface area contributed by atoms with Crippen molar-refractivity contribution in [1.82, 2.24) is 4.98 Å². The van der Waals surface area contributed by atoms with Gasteiger partial charge in [-0.15, -0.1) is 0 Å². The molecule has 0 aliphatic carbocycles. The number of aromatic nitrogens is 1. The minimum atomic E-state index is -0.616. The molecule has 1 aromatic carbocycles. The fourth-order valence-corrected chi connectivity index (χ4v) is 1.29. The third-order valence-corrected chi connectivity index (χ3v) is 2.11. The minimum absolute atomic E-state index is 0.154. The monoisotopic (exact) mass is 236 g/mol. The van der Waals surface area contributed by atoms with Gasteiger partial charge in [-0.3, -0.25) is 0 Å². The summed E-state index contributed by atoms with van der Waals surface area (Å²) in [4.78, 5) is 3.98. The van der Waals surface area contributed by atoms with E-state index in [1.807, 2.05) is 0 Å². The Balaban J connectivity index is 2.27. The number of hydrogen-bond acceptors (Lipinski definition) is 3. The Kier molecular flexibility index (Phi) is 3.18. The highest BCUT2D eigenvalue weighted by Gasteiger charge is 2.06. The van der Waals surface area contributed by atoms with E-state index >= 15 is 0 Å². The van der Waals surface area contributed by atoms with Crippen molar-refractivity contribution in [3.8, 4) is 11.5 Å². The van der Waals surface area contributed by atoms with E-state index in [9.17, 15) is 8.78 Å². The molecule has 1 aromatic heterocycles. The lowest BCUT2D eigenvalue weighted by Crippen LogP contribution is -1.94. The first-order chi connectivity index (χ1) is 8.19. The zero-order chi connectivity index (χ0) is 12.3. The van der Waals surface area contributed by atoms with Crippen LogP contribution in [0.4, 0.5) is 14.6 Å². The van der Waals surface area contributed by atoms with Gasteiger partial charge in [-0.2, -0.15) is 0 Å². The predicted octanol–water partition coefficient (Wildman–Crippen LogP) is 3.19. The van der Waals surface area contributed by atoms with Gasteiger partial charge in [-0.1, -0.05) is 0 Å². The van der Waals surface area contributed by atoms with Gasteiger partial charge < -0.3 is 10.1 Å². The van der Waals surface area contributed by atoms with Crippen molar-refractivity contribution in [2.45, 2.75) is 0 Å². The highest BCUT2D eigenvalue weighted by atomic mass is 19.1. The number of rotatable bonds is 3. The largest absolute Gasteiger partial charge is 0.454 e. The highest BCUT2D eigenvalue weighted by Crippen LogP contribution is 2.25. The first-order valence-corrected chi connectivity index (χ1v) is 4.96.